The highest BCUT2D eigenvalue weighted by molar-refractivity contribution is 7.47. The van der Waals surface area contributed by atoms with Gasteiger partial charge in [-0.2, -0.15) is 0 Å². The van der Waals surface area contributed by atoms with Crippen LogP contribution in [0.2, 0.25) is 0 Å². The highest BCUT2D eigenvalue weighted by Gasteiger charge is 2.30. The second-order valence-corrected chi connectivity index (χ2v) is 29.5. The van der Waals surface area contributed by atoms with E-state index in [0.29, 0.717) is 25.7 Å². The molecule has 0 spiro atoms. The number of hydrogen-bond donors (Lipinski definition) is 3. The standard InChI is InChI=1S/C83H144O17P2/c1-5-9-13-17-21-25-29-33-37-38-42-44-48-52-56-60-64-68-81(86)94-74-79(100-83(88)70-66-62-58-54-50-46-41-36-32-28-24-20-16-12-8-4)76-98-102(91,92)96-72-77(84)71-95-101(89,90)97-75-78(99-82(87)69-65-61-57-53-49-45-40-35-31-27-23-19-15-11-7-3)73-93-80(85)67-63-59-55-51-47-43-39-34-30-26-22-18-14-10-6-2/h9-10,13-14,21-22,25-26,33-34,37,39,42,44,47,51,59,63,77-79,84H,5-8,11-12,15-20,23-24,27-32,35-36,38,40-41,43,45-46,48-50,52-58,60-62,64-76H2,1-4H3,(H,89,90)(H,91,92)/b13-9-,14-10-,25-21-,26-22-,37-33-,39-34-,44-42-,51-47-,63-59-. The smallest absolute Gasteiger partial charge is 0.462 e. The number of rotatable bonds is 75. The molecule has 5 unspecified atom stereocenters. The molecule has 0 heterocycles. The van der Waals surface area contributed by atoms with E-state index >= 15 is 0 Å². The Hall–Kier alpha value is -4.28. The van der Waals surface area contributed by atoms with Gasteiger partial charge in [-0.05, 0) is 89.9 Å². The number of ether oxygens (including phenoxy) is 4. The topological polar surface area (TPSA) is 237 Å². The molecule has 0 bridgehead atoms. The van der Waals surface area contributed by atoms with Gasteiger partial charge in [0.15, 0.2) is 12.2 Å². The largest absolute Gasteiger partial charge is 0.472 e. The first kappa shape index (κ1) is 97.7. The number of unbranched alkanes of at least 4 members (excludes halogenated alkanes) is 32. The molecule has 0 saturated heterocycles. The highest BCUT2D eigenvalue weighted by atomic mass is 31.2. The number of allylic oxidation sites excluding steroid dienone is 17. The predicted molar refractivity (Wildman–Crippen MR) is 418 cm³/mol. The van der Waals surface area contributed by atoms with Gasteiger partial charge in [-0.1, -0.05) is 330 Å². The van der Waals surface area contributed by atoms with E-state index in [9.17, 15) is 43.2 Å². The van der Waals surface area contributed by atoms with Gasteiger partial charge in [0, 0.05) is 19.3 Å². The minimum absolute atomic E-state index is 0.0692. The molecule has 0 aliphatic rings. The SMILES string of the molecule is CC/C=C\C/C=C\C/C=C\C/C=C\C/C=C\CC(=O)OCC(COP(=O)(O)OCC(O)COP(=O)(O)OCC(COC(=O)CCCCCC/C=C\C/C=C\C/C=C\C/C=C\CC)OC(=O)CCCCCCCCCCCCCCCCC)OC(=O)CCCCCCCCCCCCCCCCC. The molecule has 0 aromatic heterocycles. The van der Waals surface area contributed by atoms with Gasteiger partial charge >= 0.3 is 39.5 Å². The fourth-order valence-electron chi connectivity index (χ4n) is 10.8. The third-order valence-electron chi connectivity index (χ3n) is 16.8. The molecule has 0 rings (SSSR count). The lowest BCUT2D eigenvalue weighted by Crippen LogP contribution is -2.30. The first-order chi connectivity index (χ1) is 49.7. The summed E-state index contributed by atoms with van der Waals surface area (Å²) < 4.78 is 68.5. The number of esters is 4. The summed E-state index contributed by atoms with van der Waals surface area (Å²) in [7, 11) is -9.98. The van der Waals surface area contributed by atoms with Crippen LogP contribution in [0.25, 0.3) is 0 Å². The zero-order valence-corrected chi connectivity index (χ0v) is 66.0. The van der Waals surface area contributed by atoms with E-state index in [4.69, 9.17) is 37.0 Å². The van der Waals surface area contributed by atoms with E-state index in [-0.39, 0.29) is 25.7 Å². The van der Waals surface area contributed by atoms with Crippen LogP contribution in [0.3, 0.4) is 0 Å². The Balaban J connectivity index is 5.42. The molecule has 3 N–H and O–H groups in total. The van der Waals surface area contributed by atoms with E-state index < -0.39 is 97.5 Å². The molecule has 0 saturated carbocycles. The van der Waals surface area contributed by atoms with Crippen LogP contribution in [0.1, 0.15) is 336 Å². The summed E-state index contributed by atoms with van der Waals surface area (Å²) in [6.07, 6.45) is 80.9. The number of phosphoric acid groups is 2. The summed E-state index contributed by atoms with van der Waals surface area (Å²) in [6, 6.07) is 0. The average Bonchev–Trinajstić information content (AvgIpc) is 0.926. The Bertz CT molecular complexity index is 2360. The third kappa shape index (κ3) is 74.0. The van der Waals surface area contributed by atoms with Crippen molar-refractivity contribution in [2.24, 2.45) is 0 Å². The number of carbonyl (C=O) groups excluding carboxylic acids is 4. The molecule has 0 radical (unpaired) electrons. The summed E-state index contributed by atoms with van der Waals surface area (Å²) in [5.74, 6) is -2.33. The van der Waals surface area contributed by atoms with Gasteiger partial charge in [-0.25, -0.2) is 9.13 Å². The van der Waals surface area contributed by atoms with Crippen molar-refractivity contribution in [3.63, 3.8) is 0 Å². The van der Waals surface area contributed by atoms with Crippen LogP contribution in [-0.4, -0.2) is 96.7 Å². The Kier molecular flexibility index (Phi) is 71.8. The lowest BCUT2D eigenvalue weighted by atomic mass is 10.0. The van der Waals surface area contributed by atoms with E-state index in [1.807, 2.05) is 18.2 Å². The maximum Gasteiger partial charge on any atom is 0.472 e. The fourth-order valence-corrected chi connectivity index (χ4v) is 12.3. The molecule has 0 aliphatic heterocycles. The van der Waals surface area contributed by atoms with Crippen molar-refractivity contribution in [2.45, 2.75) is 354 Å². The molecule has 588 valence electrons. The van der Waals surface area contributed by atoms with Gasteiger partial charge in [-0.3, -0.25) is 37.3 Å². The first-order valence-corrected chi connectivity index (χ1v) is 43.1. The zero-order chi connectivity index (χ0) is 74.6. The van der Waals surface area contributed by atoms with Crippen LogP contribution < -0.4 is 0 Å². The number of hydrogen-bond acceptors (Lipinski definition) is 15. The summed E-state index contributed by atoms with van der Waals surface area (Å²) in [4.78, 5) is 73.0. The molecular weight excluding hydrogens is 1330 g/mol. The monoisotopic (exact) mass is 1470 g/mol. The van der Waals surface area contributed by atoms with Gasteiger partial charge in [0.25, 0.3) is 0 Å². The predicted octanol–water partition coefficient (Wildman–Crippen LogP) is 23.3. The highest BCUT2D eigenvalue weighted by Crippen LogP contribution is 2.45. The van der Waals surface area contributed by atoms with E-state index in [0.717, 1.165) is 128 Å². The second-order valence-electron chi connectivity index (χ2n) is 26.6. The Morgan fingerprint density at radius 3 is 0.873 bits per heavy atom. The third-order valence-corrected chi connectivity index (χ3v) is 18.7. The minimum atomic E-state index is -4.99. The first-order valence-electron chi connectivity index (χ1n) is 40.1. The van der Waals surface area contributed by atoms with Crippen molar-refractivity contribution < 1.29 is 80.2 Å². The zero-order valence-electron chi connectivity index (χ0n) is 64.3. The molecule has 0 aliphatic carbocycles. The maximum atomic E-state index is 13.1. The van der Waals surface area contributed by atoms with Crippen molar-refractivity contribution in [1.82, 2.24) is 0 Å². The van der Waals surface area contributed by atoms with E-state index in [1.165, 1.54) is 128 Å². The lowest BCUT2D eigenvalue weighted by Gasteiger charge is -2.21. The fraction of sp³-hybridized carbons (Fsp3) is 0.735. The van der Waals surface area contributed by atoms with Gasteiger partial charge in [0.1, 0.15) is 19.3 Å². The van der Waals surface area contributed by atoms with Gasteiger partial charge in [-0.15, -0.1) is 0 Å². The molecule has 0 aromatic rings. The molecule has 17 nitrogen and oxygen atoms in total. The van der Waals surface area contributed by atoms with Crippen LogP contribution in [0.15, 0.2) is 109 Å². The normalized spacial score (nSPS) is 14.5. The summed E-state index contributed by atoms with van der Waals surface area (Å²) in [5.41, 5.74) is 0. The summed E-state index contributed by atoms with van der Waals surface area (Å²) >= 11 is 0. The molecular formula is C83H144O17P2. The Labute approximate surface area is 619 Å². The quantitative estimate of drug-likeness (QED) is 0.0169. The van der Waals surface area contributed by atoms with Crippen molar-refractivity contribution in [1.29, 1.82) is 0 Å². The van der Waals surface area contributed by atoms with Gasteiger partial charge in [0.05, 0.1) is 32.8 Å². The minimum Gasteiger partial charge on any atom is -0.462 e. The van der Waals surface area contributed by atoms with Crippen LogP contribution in [0.5, 0.6) is 0 Å². The van der Waals surface area contributed by atoms with Crippen LogP contribution in [0.4, 0.5) is 0 Å². The maximum absolute atomic E-state index is 13.1. The summed E-state index contributed by atoms with van der Waals surface area (Å²) in [6.45, 7) is 4.56. The average molecular weight is 1480 g/mol. The summed E-state index contributed by atoms with van der Waals surface area (Å²) in [5, 5.41) is 10.6. The van der Waals surface area contributed by atoms with Crippen molar-refractivity contribution in [3.8, 4) is 0 Å². The Morgan fingerprint density at radius 1 is 0.294 bits per heavy atom. The van der Waals surface area contributed by atoms with Crippen molar-refractivity contribution >= 4 is 39.5 Å². The molecule has 19 heteroatoms. The van der Waals surface area contributed by atoms with E-state index in [1.54, 1.807) is 6.08 Å². The van der Waals surface area contributed by atoms with Crippen molar-refractivity contribution in [3.05, 3.63) is 109 Å². The number of aliphatic hydroxyl groups excluding tert-OH is 1. The van der Waals surface area contributed by atoms with Gasteiger partial charge in [0.2, 0.25) is 0 Å². The Morgan fingerprint density at radius 2 is 0.549 bits per heavy atom. The molecule has 5 atom stereocenters. The van der Waals surface area contributed by atoms with Crippen LogP contribution in [0, 0.1) is 0 Å². The lowest BCUT2D eigenvalue weighted by molar-refractivity contribution is -0.161. The number of aliphatic hydroxyl groups is 1. The number of phosphoric ester groups is 2. The second kappa shape index (κ2) is 75.0. The molecule has 0 fully saturated rings. The van der Waals surface area contributed by atoms with E-state index in [2.05, 4.69) is 113 Å². The number of carbonyl (C=O) groups is 4. The van der Waals surface area contributed by atoms with Crippen molar-refractivity contribution in [2.75, 3.05) is 39.6 Å². The molecule has 0 amide bonds. The van der Waals surface area contributed by atoms with Crippen LogP contribution in [-0.2, 0) is 65.4 Å². The van der Waals surface area contributed by atoms with Gasteiger partial charge < -0.3 is 33.8 Å². The van der Waals surface area contributed by atoms with Crippen LogP contribution >= 0.6 is 15.6 Å². The molecule has 0 aromatic carbocycles. The molecule has 102 heavy (non-hydrogen) atoms.